The largest absolute Gasteiger partial charge is 0.369 e. The van der Waals surface area contributed by atoms with E-state index in [0.717, 1.165) is 0 Å². The van der Waals surface area contributed by atoms with Gasteiger partial charge in [-0.1, -0.05) is 60.4 Å². The Labute approximate surface area is 110 Å². The quantitative estimate of drug-likeness (QED) is 0.820. The van der Waals surface area contributed by atoms with Crippen molar-refractivity contribution in [2.24, 2.45) is 0 Å². The van der Waals surface area contributed by atoms with E-state index in [4.69, 9.17) is 0 Å². The van der Waals surface area contributed by atoms with Crippen molar-refractivity contribution in [1.82, 2.24) is 0 Å². The maximum atomic E-state index is 13.1. The summed E-state index contributed by atoms with van der Waals surface area (Å²) < 4.78 is 26.2. The number of aliphatic hydroxyl groups is 1. The Morgan fingerprint density at radius 1 is 0.895 bits per heavy atom. The van der Waals surface area contributed by atoms with Crippen LogP contribution in [0.5, 0.6) is 0 Å². The van der Waals surface area contributed by atoms with Gasteiger partial charge in [-0.2, -0.15) is 0 Å². The van der Waals surface area contributed by atoms with Crippen LogP contribution >= 0.6 is 0 Å². The molecule has 0 spiro atoms. The van der Waals surface area contributed by atoms with E-state index in [-0.39, 0.29) is 5.56 Å². The summed E-state index contributed by atoms with van der Waals surface area (Å²) in [5.41, 5.74) is -1.78. The molecular formula is C16H12F2O. The molecule has 96 valence electrons. The van der Waals surface area contributed by atoms with Gasteiger partial charge >= 0.3 is 0 Å². The monoisotopic (exact) mass is 258 g/mol. The van der Waals surface area contributed by atoms with Crippen LogP contribution in [0, 0.1) is 11.8 Å². The third-order valence-electron chi connectivity index (χ3n) is 2.70. The first-order valence-corrected chi connectivity index (χ1v) is 5.77. The molecule has 0 amide bonds. The minimum Gasteiger partial charge on any atom is -0.369 e. The third kappa shape index (κ3) is 2.98. The van der Waals surface area contributed by atoms with Crippen molar-refractivity contribution in [3.8, 4) is 11.8 Å². The lowest BCUT2D eigenvalue weighted by Gasteiger charge is -2.21. The molecule has 2 rings (SSSR count). The first-order valence-electron chi connectivity index (χ1n) is 5.77. The van der Waals surface area contributed by atoms with E-state index in [9.17, 15) is 13.9 Å². The van der Waals surface area contributed by atoms with Gasteiger partial charge in [-0.25, -0.2) is 8.78 Å². The van der Waals surface area contributed by atoms with Gasteiger partial charge in [0, 0.05) is 11.1 Å². The van der Waals surface area contributed by atoms with Crippen LogP contribution < -0.4 is 0 Å². The zero-order chi connectivity index (χ0) is 13.7. The summed E-state index contributed by atoms with van der Waals surface area (Å²) in [6, 6.07) is 16.5. The van der Waals surface area contributed by atoms with Gasteiger partial charge in [-0.05, 0) is 12.1 Å². The molecule has 0 aliphatic rings. The minimum atomic E-state index is -2.98. The highest BCUT2D eigenvalue weighted by Crippen LogP contribution is 2.27. The van der Waals surface area contributed by atoms with Crippen LogP contribution in [-0.4, -0.2) is 11.5 Å². The molecule has 0 saturated heterocycles. The molecule has 0 fully saturated rings. The summed E-state index contributed by atoms with van der Waals surface area (Å²) in [6.07, 6.45) is -2.98. The average Bonchev–Trinajstić information content (AvgIpc) is 2.46. The molecule has 2 aromatic rings. The van der Waals surface area contributed by atoms with Gasteiger partial charge in [0.2, 0.25) is 5.60 Å². The smallest absolute Gasteiger partial charge is 0.282 e. The molecule has 0 heterocycles. The lowest BCUT2D eigenvalue weighted by Crippen LogP contribution is -2.32. The van der Waals surface area contributed by atoms with Crippen molar-refractivity contribution >= 4 is 0 Å². The maximum absolute atomic E-state index is 13.1. The summed E-state index contributed by atoms with van der Waals surface area (Å²) in [5.74, 6) is 4.87. The molecule has 0 aliphatic heterocycles. The van der Waals surface area contributed by atoms with Crippen molar-refractivity contribution in [3.05, 3.63) is 71.8 Å². The predicted molar refractivity (Wildman–Crippen MR) is 69.7 cm³/mol. The van der Waals surface area contributed by atoms with Gasteiger partial charge in [-0.15, -0.1) is 0 Å². The second-order valence-corrected chi connectivity index (χ2v) is 4.05. The first kappa shape index (κ1) is 13.3. The highest BCUT2D eigenvalue weighted by molar-refractivity contribution is 5.40. The summed E-state index contributed by atoms with van der Waals surface area (Å²) in [5, 5.41) is 10.1. The predicted octanol–water partition coefficient (Wildman–Crippen LogP) is 3.19. The van der Waals surface area contributed by atoms with Crippen LogP contribution in [-0.2, 0) is 5.60 Å². The van der Waals surface area contributed by atoms with E-state index in [2.05, 4.69) is 11.8 Å². The van der Waals surface area contributed by atoms with Crippen LogP contribution in [0.25, 0.3) is 0 Å². The van der Waals surface area contributed by atoms with Crippen molar-refractivity contribution in [2.75, 3.05) is 0 Å². The number of alkyl halides is 2. The normalized spacial score (nSPS) is 13.5. The van der Waals surface area contributed by atoms with Crippen LogP contribution in [0.1, 0.15) is 11.1 Å². The second kappa shape index (κ2) is 5.64. The van der Waals surface area contributed by atoms with E-state index >= 15 is 0 Å². The number of halogens is 2. The third-order valence-corrected chi connectivity index (χ3v) is 2.70. The van der Waals surface area contributed by atoms with E-state index in [1.165, 1.54) is 12.1 Å². The summed E-state index contributed by atoms with van der Waals surface area (Å²) in [6.45, 7) is 0. The SMILES string of the molecule is OC(C#Cc1ccccc1)(c1ccccc1)C(F)F. The van der Waals surface area contributed by atoms with E-state index < -0.39 is 12.0 Å². The van der Waals surface area contributed by atoms with Crippen LogP contribution in [0.2, 0.25) is 0 Å². The molecular weight excluding hydrogens is 246 g/mol. The van der Waals surface area contributed by atoms with Crippen molar-refractivity contribution < 1.29 is 13.9 Å². The standard InChI is InChI=1S/C16H12F2O/c17-15(18)16(19,14-9-5-2-6-10-14)12-11-13-7-3-1-4-8-13/h1-10,15,19H. The molecule has 0 aliphatic carbocycles. The Hall–Kier alpha value is -2.18. The van der Waals surface area contributed by atoms with Crippen molar-refractivity contribution in [1.29, 1.82) is 0 Å². The molecule has 1 atom stereocenters. The van der Waals surface area contributed by atoms with E-state index in [0.29, 0.717) is 5.56 Å². The maximum Gasteiger partial charge on any atom is 0.282 e. The molecule has 0 saturated carbocycles. The second-order valence-electron chi connectivity index (χ2n) is 4.05. The molecule has 1 nitrogen and oxygen atoms in total. The first-order chi connectivity index (χ1) is 9.13. The molecule has 0 aromatic heterocycles. The molecule has 3 heteroatoms. The summed E-state index contributed by atoms with van der Waals surface area (Å²) >= 11 is 0. The van der Waals surface area contributed by atoms with Gasteiger partial charge in [0.15, 0.2) is 0 Å². The van der Waals surface area contributed by atoms with Gasteiger partial charge < -0.3 is 5.11 Å². The van der Waals surface area contributed by atoms with Gasteiger partial charge in [-0.3, -0.25) is 0 Å². The van der Waals surface area contributed by atoms with Crippen LogP contribution in [0.3, 0.4) is 0 Å². The average molecular weight is 258 g/mol. The molecule has 0 radical (unpaired) electrons. The zero-order valence-electron chi connectivity index (χ0n) is 10.1. The van der Waals surface area contributed by atoms with Crippen molar-refractivity contribution in [2.45, 2.75) is 12.0 Å². The number of hydrogen-bond acceptors (Lipinski definition) is 1. The number of benzene rings is 2. The summed E-state index contributed by atoms with van der Waals surface area (Å²) in [7, 11) is 0. The fourth-order valence-corrected chi connectivity index (χ4v) is 1.63. The Kier molecular flexibility index (Phi) is 3.94. The number of hydrogen-bond donors (Lipinski definition) is 1. The Morgan fingerprint density at radius 3 is 1.95 bits per heavy atom. The summed E-state index contributed by atoms with van der Waals surface area (Å²) in [4.78, 5) is 0. The van der Waals surface area contributed by atoms with Crippen molar-refractivity contribution in [3.63, 3.8) is 0 Å². The fourth-order valence-electron chi connectivity index (χ4n) is 1.63. The molecule has 0 bridgehead atoms. The Bertz CT molecular complexity index is 584. The zero-order valence-corrected chi connectivity index (χ0v) is 10.1. The molecule has 1 N–H and O–H groups in total. The Balaban J connectivity index is 2.40. The van der Waals surface area contributed by atoms with E-state index in [1.54, 1.807) is 42.5 Å². The number of rotatable bonds is 2. The molecule has 1 unspecified atom stereocenters. The van der Waals surface area contributed by atoms with Gasteiger partial charge in [0.1, 0.15) is 0 Å². The highest BCUT2D eigenvalue weighted by Gasteiger charge is 2.37. The molecule has 2 aromatic carbocycles. The lowest BCUT2D eigenvalue weighted by atomic mass is 9.94. The fraction of sp³-hybridized carbons (Fsp3) is 0.125. The highest BCUT2D eigenvalue weighted by atomic mass is 19.3. The van der Waals surface area contributed by atoms with Crippen LogP contribution in [0.15, 0.2) is 60.7 Å². The van der Waals surface area contributed by atoms with Crippen LogP contribution in [0.4, 0.5) is 8.78 Å². The van der Waals surface area contributed by atoms with Gasteiger partial charge in [0.05, 0.1) is 0 Å². The Morgan fingerprint density at radius 2 is 1.42 bits per heavy atom. The lowest BCUT2D eigenvalue weighted by molar-refractivity contribution is -0.0590. The van der Waals surface area contributed by atoms with E-state index in [1.807, 2.05) is 6.07 Å². The topological polar surface area (TPSA) is 20.2 Å². The minimum absolute atomic E-state index is 0.0911. The van der Waals surface area contributed by atoms with Gasteiger partial charge in [0.25, 0.3) is 6.43 Å². The molecule has 19 heavy (non-hydrogen) atoms.